The van der Waals surface area contributed by atoms with Crippen LogP contribution >= 0.6 is 0 Å². The van der Waals surface area contributed by atoms with Crippen molar-refractivity contribution in [3.8, 4) is 12.3 Å². The van der Waals surface area contributed by atoms with Crippen molar-refractivity contribution in [2.45, 2.75) is 108 Å². The molecule has 4 N–H and O–H groups in total. The maximum absolute atomic E-state index is 9.32. The molecular weight excluding hydrogens is 531 g/mol. The largest absolute Gasteiger partial charge is 0.388 e. The third kappa shape index (κ3) is 36.5. The van der Waals surface area contributed by atoms with Gasteiger partial charge in [0.2, 0.25) is 0 Å². The smallest absolute Gasteiger partial charge is 0.0351 e. The molecule has 6 nitrogen and oxygen atoms in total. The second kappa shape index (κ2) is 36.4. The van der Waals surface area contributed by atoms with E-state index >= 15 is 0 Å². The Labute approximate surface area is 217 Å². The van der Waals surface area contributed by atoms with Crippen LogP contribution in [0.5, 0.6) is 0 Å². The van der Waals surface area contributed by atoms with Crippen LogP contribution in [0.15, 0.2) is 12.7 Å². The third-order valence-electron chi connectivity index (χ3n) is 4.63. The number of alkyl halides is 1. The molecular formula is C26H56IN2O4-. The van der Waals surface area contributed by atoms with E-state index in [0.29, 0.717) is 9.97 Å². The van der Waals surface area contributed by atoms with Crippen LogP contribution in [-0.2, 0) is 9.47 Å². The summed E-state index contributed by atoms with van der Waals surface area (Å²) < 4.78 is 18.6. The number of methoxy groups -OCH3 is 2. The molecule has 33 heavy (non-hydrogen) atoms. The quantitative estimate of drug-likeness (QED) is 0.0548. The van der Waals surface area contributed by atoms with Crippen molar-refractivity contribution >= 4 is 0 Å². The van der Waals surface area contributed by atoms with Gasteiger partial charge in [-0.15, -0.1) is 18.9 Å². The molecule has 0 radical (unpaired) electrons. The number of hydrogen-bond donors (Lipinski definition) is 4. The summed E-state index contributed by atoms with van der Waals surface area (Å²) in [6.07, 6.45) is 16.3. The molecule has 0 aliphatic rings. The van der Waals surface area contributed by atoms with Crippen LogP contribution < -0.4 is 32.3 Å². The molecule has 4 unspecified atom stereocenters. The minimum absolute atomic E-state index is 0.0641. The molecule has 0 rings (SSSR count). The van der Waals surface area contributed by atoms with Gasteiger partial charge in [-0.1, -0.05) is 39.2 Å². The Morgan fingerprint density at radius 2 is 1.70 bits per heavy atom. The Balaban J connectivity index is -0.000000215. The minimum atomic E-state index is -0.455. The van der Waals surface area contributed by atoms with Crippen LogP contribution in [0.25, 0.3) is 0 Å². The number of rotatable bonds is 16. The molecule has 0 aliphatic heterocycles. The molecule has 7 heteroatoms. The standard InChI is InChI=1S/C13H28N2O2.C7H12.C4H10IO.C2H6O/c1-5-12(17-4)11(14-3)9-7-8-10-15-13(16)6-2;1-3-5-7-6-4-2;1-3-4(2)5-6;1-3-2/h5,11-16H,1,6-10H2,2-4H3;1H,4-7H2,2H3;4,6H,3H2,1-2H3;1-2H3/q;;-1;. The summed E-state index contributed by atoms with van der Waals surface area (Å²) in [6, 6.07) is 0.314. The fourth-order valence-electron chi connectivity index (χ4n) is 2.35. The number of terminal acetylenes is 1. The number of aliphatic hydroxyl groups is 1. The van der Waals surface area contributed by atoms with Crippen LogP contribution in [0.2, 0.25) is 0 Å². The van der Waals surface area contributed by atoms with Crippen molar-refractivity contribution in [2.24, 2.45) is 0 Å². The van der Waals surface area contributed by atoms with Crippen LogP contribution in [0, 0.1) is 12.3 Å². The van der Waals surface area contributed by atoms with Gasteiger partial charge in [-0.05, 0) is 39.3 Å². The second-order valence-electron chi connectivity index (χ2n) is 7.56. The Hall–Kier alpha value is -0.210. The minimum Gasteiger partial charge on any atom is -0.388 e. The van der Waals surface area contributed by atoms with E-state index in [4.69, 9.17) is 14.6 Å². The fourth-order valence-corrected chi connectivity index (χ4v) is 2.74. The molecule has 0 heterocycles. The number of halogens is 1. The summed E-state index contributed by atoms with van der Waals surface area (Å²) >= 11 is -0.455. The summed E-state index contributed by atoms with van der Waals surface area (Å²) in [5.41, 5.74) is 0. The summed E-state index contributed by atoms with van der Waals surface area (Å²) in [4.78, 5) is 0. The third-order valence-corrected chi connectivity index (χ3v) is 6.47. The van der Waals surface area contributed by atoms with E-state index < -0.39 is 21.6 Å². The Morgan fingerprint density at radius 1 is 1.09 bits per heavy atom. The van der Waals surface area contributed by atoms with E-state index in [9.17, 15) is 5.11 Å². The molecule has 0 aromatic rings. The summed E-state index contributed by atoms with van der Waals surface area (Å²) in [6.45, 7) is 12.9. The number of ether oxygens (including phenoxy) is 2. The van der Waals surface area contributed by atoms with Crippen LogP contribution in [-0.4, -0.2) is 65.8 Å². The Bertz CT molecular complexity index is 391. The van der Waals surface area contributed by atoms with Crippen molar-refractivity contribution in [2.75, 3.05) is 34.9 Å². The first kappa shape index (κ1) is 40.0. The van der Waals surface area contributed by atoms with Gasteiger partial charge < -0.3 is 19.9 Å². The number of unbranched alkanes of at least 4 members (excludes halogenated alkanes) is 4. The molecule has 202 valence electrons. The summed E-state index contributed by atoms with van der Waals surface area (Å²) in [5, 5.41) is 15.6. The summed E-state index contributed by atoms with van der Waals surface area (Å²) in [5.74, 6) is 2.60. The van der Waals surface area contributed by atoms with Gasteiger partial charge in [0.25, 0.3) is 0 Å². The van der Waals surface area contributed by atoms with E-state index in [0.717, 1.165) is 45.1 Å². The van der Waals surface area contributed by atoms with Crippen molar-refractivity contribution in [1.29, 1.82) is 0 Å². The maximum Gasteiger partial charge on any atom is 0.0351 e. The average molecular weight is 588 g/mol. The maximum atomic E-state index is 9.32. The van der Waals surface area contributed by atoms with Gasteiger partial charge >= 0.3 is 49.2 Å². The van der Waals surface area contributed by atoms with Crippen LogP contribution in [0.4, 0.5) is 0 Å². The van der Waals surface area contributed by atoms with Gasteiger partial charge in [-0.25, -0.2) is 0 Å². The van der Waals surface area contributed by atoms with Gasteiger partial charge in [0.1, 0.15) is 6.23 Å². The van der Waals surface area contributed by atoms with Crippen molar-refractivity contribution < 1.29 is 39.6 Å². The van der Waals surface area contributed by atoms with Crippen molar-refractivity contribution in [3.63, 3.8) is 0 Å². The molecule has 0 aliphatic carbocycles. The SMILES string of the molecule is C#CCCCCC.C=CC(OC)C(CCCCNC(O)CC)NC.CCC(C)[I-]O.COC. The Morgan fingerprint density at radius 3 is 2.03 bits per heavy atom. The molecule has 0 aromatic carbocycles. The monoisotopic (exact) mass is 587 g/mol. The number of aliphatic hydroxyl groups excluding tert-OH is 1. The first-order valence-corrected chi connectivity index (χ1v) is 14.4. The first-order valence-electron chi connectivity index (χ1n) is 12.2. The van der Waals surface area contributed by atoms with E-state index in [1.54, 1.807) is 21.3 Å². The molecule has 0 saturated carbocycles. The molecule has 0 aromatic heterocycles. The zero-order valence-electron chi connectivity index (χ0n) is 22.8. The van der Waals surface area contributed by atoms with Gasteiger partial charge in [-0.3, -0.25) is 5.32 Å². The Kier molecular flexibility index (Phi) is 44.1. The van der Waals surface area contributed by atoms with Gasteiger partial charge in [0.15, 0.2) is 0 Å². The second-order valence-corrected chi connectivity index (χ2v) is 10.2. The molecule has 0 fully saturated rings. The van der Waals surface area contributed by atoms with Gasteiger partial charge in [0, 0.05) is 33.8 Å². The number of nitrogens with one attached hydrogen (secondary N) is 2. The van der Waals surface area contributed by atoms with E-state index in [1.165, 1.54) is 19.3 Å². The van der Waals surface area contributed by atoms with Crippen molar-refractivity contribution in [1.82, 2.24) is 10.6 Å². The number of likely N-dealkylation sites (N-methyl/N-ethyl adjacent to an activating group) is 1. The first-order chi connectivity index (χ1) is 15.8. The zero-order valence-corrected chi connectivity index (χ0v) is 25.0. The topological polar surface area (TPSA) is 83.0 Å². The normalized spacial score (nSPS) is 13.5. The van der Waals surface area contributed by atoms with Gasteiger partial charge in [-0.2, -0.15) is 0 Å². The number of hydrogen-bond acceptors (Lipinski definition) is 6. The zero-order chi connectivity index (χ0) is 26.3. The molecule has 0 amide bonds. The van der Waals surface area contributed by atoms with E-state index in [2.05, 4.69) is 48.6 Å². The predicted molar refractivity (Wildman–Crippen MR) is 140 cm³/mol. The summed E-state index contributed by atoms with van der Waals surface area (Å²) in [7, 11) is 6.90. The average Bonchev–Trinajstić information content (AvgIpc) is 2.84. The molecule has 0 saturated heterocycles. The molecule has 0 bridgehead atoms. The predicted octanol–water partition coefficient (Wildman–Crippen LogP) is 1.51. The molecule has 0 spiro atoms. The van der Waals surface area contributed by atoms with E-state index in [1.807, 2.05) is 20.0 Å². The van der Waals surface area contributed by atoms with Crippen molar-refractivity contribution in [3.05, 3.63) is 12.7 Å². The van der Waals surface area contributed by atoms with E-state index in [-0.39, 0.29) is 12.3 Å². The molecule has 4 atom stereocenters. The van der Waals surface area contributed by atoms with Crippen LogP contribution in [0.3, 0.4) is 0 Å². The fraction of sp³-hybridized carbons (Fsp3) is 0.846. The van der Waals surface area contributed by atoms with Gasteiger partial charge in [0.05, 0.1) is 6.10 Å². The van der Waals surface area contributed by atoms with Crippen LogP contribution in [0.1, 0.15) is 85.5 Å².